The maximum Gasteiger partial charge on any atom is 0.270 e. The van der Waals surface area contributed by atoms with E-state index in [4.69, 9.17) is 23.2 Å². The molecule has 0 fully saturated rings. The first-order valence-electron chi connectivity index (χ1n) is 6.91. The molecule has 0 saturated heterocycles. The van der Waals surface area contributed by atoms with E-state index < -0.39 is 14.9 Å². The van der Waals surface area contributed by atoms with Crippen molar-refractivity contribution in [1.29, 1.82) is 0 Å². The predicted octanol–water partition coefficient (Wildman–Crippen LogP) is 4.43. The van der Waals surface area contributed by atoms with Gasteiger partial charge >= 0.3 is 0 Å². The predicted molar refractivity (Wildman–Crippen MR) is 94.5 cm³/mol. The Labute approximate surface area is 149 Å². The maximum absolute atomic E-state index is 13.0. The van der Waals surface area contributed by atoms with Crippen LogP contribution >= 0.6 is 23.2 Å². The van der Waals surface area contributed by atoms with Gasteiger partial charge in [-0.1, -0.05) is 29.3 Å². The summed E-state index contributed by atoms with van der Waals surface area (Å²) in [6, 6.07) is 8.20. The summed E-state index contributed by atoms with van der Waals surface area (Å²) in [5.41, 5.74) is 0.321. The highest BCUT2D eigenvalue weighted by Crippen LogP contribution is 2.34. The molecule has 2 aromatic carbocycles. The highest BCUT2D eigenvalue weighted by atomic mass is 35.5. The second-order valence-electron chi connectivity index (χ2n) is 4.97. The number of rotatable bonds is 5. The Kier molecular flexibility index (Phi) is 5.37. The molecule has 0 radical (unpaired) electrons. The van der Waals surface area contributed by atoms with Crippen LogP contribution in [-0.2, 0) is 10.0 Å². The van der Waals surface area contributed by atoms with Crippen LogP contribution in [0.25, 0.3) is 0 Å². The van der Waals surface area contributed by atoms with Gasteiger partial charge in [-0.3, -0.25) is 14.4 Å². The van der Waals surface area contributed by atoms with E-state index >= 15 is 0 Å². The van der Waals surface area contributed by atoms with Crippen molar-refractivity contribution in [2.24, 2.45) is 0 Å². The van der Waals surface area contributed by atoms with Crippen molar-refractivity contribution >= 4 is 44.6 Å². The molecule has 0 heterocycles. The molecule has 0 amide bonds. The van der Waals surface area contributed by atoms with Crippen LogP contribution in [0.2, 0.25) is 10.0 Å². The lowest BCUT2D eigenvalue weighted by molar-refractivity contribution is -0.385. The third-order valence-corrected chi connectivity index (χ3v) is 6.00. The molecule has 2 aromatic rings. The van der Waals surface area contributed by atoms with E-state index in [1.165, 1.54) is 24.3 Å². The van der Waals surface area contributed by atoms with E-state index in [0.29, 0.717) is 10.6 Å². The molecule has 0 aromatic heterocycles. The smallest absolute Gasteiger partial charge is 0.265 e. The highest BCUT2D eigenvalue weighted by Gasteiger charge is 2.28. The number of nitro benzene ring substituents is 1. The van der Waals surface area contributed by atoms with Crippen molar-refractivity contribution in [1.82, 2.24) is 0 Å². The van der Waals surface area contributed by atoms with Crippen molar-refractivity contribution in [3.63, 3.8) is 0 Å². The van der Waals surface area contributed by atoms with E-state index in [0.717, 1.165) is 10.4 Å². The highest BCUT2D eigenvalue weighted by molar-refractivity contribution is 7.92. The van der Waals surface area contributed by atoms with Crippen molar-refractivity contribution in [3.8, 4) is 0 Å². The largest absolute Gasteiger partial charge is 0.270 e. The number of hydrogen-bond acceptors (Lipinski definition) is 4. The lowest BCUT2D eigenvalue weighted by atomic mass is 10.2. The molecule has 0 spiro atoms. The van der Waals surface area contributed by atoms with E-state index in [-0.39, 0.29) is 27.8 Å². The molecule has 9 heteroatoms. The Morgan fingerprint density at radius 3 is 2.42 bits per heavy atom. The molecule has 0 saturated carbocycles. The van der Waals surface area contributed by atoms with Crippen molar-refractivity contribution < 1.29 is 13.3 Å². The summed E-state index contributed by atoms with van der Waals surface area (Å²) in [5, 5.41) is 11.5. The van der Waals surface area contributed by atoms with Crippen LogP contribution in [0.1, 0.15) is 12.5 Å². The van der Waals surface area contributed by atoms with Gasteiger partial charge in [0.2, 0.25) is 0 Å². The molecule has 0 unspecified atom stereocenters. The van der Waals surface area contributed by atoms with Gasteiger partial charge in [-0.15, -0.1) is 0 Å². The summed E-state index contributed by atoms with van der Waals surface area (Å²) >= 11 is 12.1. The summed E-state index contributed by atoms with van der Waals surface area (Å²) in [7, 11) is -4.04. The molecule has 2 rings (SSSR count). The first kappa shape index (κ1) is 18.5. The minimum atomic E-state index is -4.04. The third kappa shape index (κ3) is 3.48. The number of non-ortho nitro benzene ring substituents is 1. The average Bonchev–Trinajstić information content (AvgIpc) is 2.51. The Morgan fingerprint density at radius 2 is 1.83 bits per heavy atom. The summed E-state index contributed by atoms with van der Waals surface area (Å²) < 4.78 is 27.1. The van der Waals surface area contributed by atoms with Gasteiger partial charge in [-0.2, -0.15) is 0 Å². The lowest BCUT2D eigenvalue weighted by Crippen LogP contribution is -2.31. The molecular formula is C15H14Cl2N2O4S. The molecule has 24 heavy (non-hydrogen) atoms. The molecule has 0 aliphatic rings. The normalized spacial score (nSPS) is 11.3. The van der Waals surface area contributed by atoms with Crippen molar-refractivity contribution in [3.05, 3.63) is 62.1 Å². The van der Waals surface area contributed by atoms with Crippen LogP contribution in [0.4, 0.5) is 11.4 Å². The van der Waals surface area contributed by atoms with Crippen LogP contribution in [0.3, 0.4) is 0 Å². The minimum absolute atomic E-state index is 0.0878. The fraction of sp³-hybridized carbons (Fsp3) is 0.200. The fourth-order valence-electron chi connectivity index (χ4n) is 2.25. The number of anilines is 1. The Morgan fingerprint density at radius 1 is 1.17 bits per heavy atom. The lowest BCUT2D eigenvalue weighted by Gasteiger charge is -2.24. The molecule has 0 aliphatic carbocycles. The standard InChI is InChI=1S/C15H14Cl2N2O4S/c1-3-18(14-8-11(16)5-7-13(14)17)24(22,23)15-9-12(19(20)21)6-4-10(15)2/h4-9H,3H2,1-2H3. The molecule has 6 nitrogen and oxygen atoms in total. The van der Waals surface area contributed by atoms with E-state index in [1.807, 2.05) is 0 Å². The topological polar surface area (TPSA) is 80.5 Å². The van der Waals surface area contributed by atoms with Gasteiger partial charge in [0.05, 0.1) is 20.5 Å². The summed E-state index contributed by atoms with van der Waals surface area (Å²) in [6.07, 6.45) is 0. The van der Waals surface area contributed by atoms with Gasteiger partial charge in [0, 0.05) is 23.7 Å². The number of benzene rings is 2. The monoisotopic (exact) mass is 388 g/mol. The van der Waals surface area contributed by atoms with Crippen molar-refractivity contribution in [2.45, 2.75) is 18.7 Å². The molecule has 0 aliphatic heterocycles. The maximum atomic E-state index is 13.0. The zero-order valence-electron chi connectivity index (χ0n) is 12.9. The van der Waals surface area contributed by atoms with Crippen LogP contribution < -0.4 is 4.31 Å². The number of nitro groups is 1. The van der Waals surface area contributed by atoms with Gasteiger partial charge in [0.25, 0.3) is 15.7 Å². The zero-order valence-corrected chi connectivity index (χ0v) is 15.2. The van der Waals surface area contributed by atoms with Crippen LogP contribution in [0, 0.1) is 17.0 Å². The summed E-state index contributed by atoms with van der Waals surface area (Å²) in [4.78, 5) is 10.2. The minimum Gasteiger partial charge on any atom is -0.265 e. The quantitative estimate of drug-likeness (QED) is 0.560. The van der Waals surface area contributed by atoms with E-state index in [1.54, 1.807) is 19.9 Å². The molecular weight excluding hydrogens is 375 g/mol. The molecule has 0 N–H and O–H groups in total. The van der Waals surface area contributed by atoms with Crippen molar-refractivity contribution in [2.75, 3.05) is 10.8 Å². The van der Waals surface area contributed by atoms with Gasteiger partial charge < -0.3 is 0 Å². The first-order valence-corrected chi connectivity index (χ1v) is 9.11. The third-order valence-electron chi connectivity index (χ3n) is 3.41. The Hall–Kier alpha value is -1.83. The number of aryl methyl sites for hydroxylation is 1. The molecule has 0 atom stereocenters. The van der Waals surface area contributed by atoms with Gasteiger partial charge in [0.15, 0.2) is 0 Å². The Bertz CT molecular complexity index is 900. The number of nitrogens with zero attached hydrogens (tertiary/aromatic N) is 2. The van der Waals surface area contributed by atoms with E-state index in [9.17, 15) is 18.5 Å². The second-order valence-corrected chi connectivity index (χ2v) is 7.65. The van der Waals surface area contributed by atoms with Gasteiger partial charge in [-0.25, -0.2) is 8.42 Å². The number of sulfonamides is 1. The van der Waals surface area contributed by atoms with Crippen LogP contribution in [0.5, 0.6) is 0 Å². The van der Waals surface area contributed by atoms with Gasteiger partial charge in [-0.05, 0) is 37.6 Å². The summed E-state index contributed by atoms with van der Waals surface area (Å²) in [5.74, 6) is 0. The van der Waals surface area contributed by atoms with Gasteiger partial charge in [0.1, 0.15) is 0 Å². The second kappa shape index (κ2) is 6.96. The first-order chi connectivity index (χ1) is 11.2. The van der Waals surface area contributed by atoms with E-state index in [2.05, 4.69) is 0 Å². The Balaban J connectivity index is 2.65. The fourth-order valence-corrected chi connectivity index (χ4v) is 4.41. The van der Waals surface area contributed by atoms with Crippen LogP contribution in [0.15, 0.2) is 41.3 Å². The van der Waals surface area contributed by atoms with Crippen LogP contribution in [-0.4, -0.2) is 19.9 Å². The molecule has 0 bridgehead atoms. The SMILES string of the molecule is CCN(c1cc(Cl)ccc1Cl)S(=O)(=O)c1cc([N+](=O)[O-])ccc1C. The average molecular weight is 389 g/mol. The molecule has 128 valence electrons. The number of hydrogen-bond donors (Lipinski definition) is 0. The summed E-state index contributed by atoms with van der Waals surface area (Å²) in [6.45, 7) is 3.30. The zero-order chi connectivity index (χ0) is 18.1. The number of halogens is 2.